The van der Waals surface area contributed by atoms with Crippen LogP contribution in [0.5, 0.6) is 5.75 Å². The predicted octanol–water partition coefficient (Wildman–Crippen LogP) is 2.12. The van der Waals surface area contributed by atoms with E-state index in [4.69, 9.17) is 14.6 Å². The number of likely N-dealkylation sites (N-methyl/N-ethyl adjacent to an activating group) is 1. The summed E-state index contributed by atoms with van der Waals surface area (Å²) in [6, 6.07) is 6.47. The number of methoxy groups -OCH3 is 1. The molecule has 5 nitrogen and oxygen atoms in total. The third-order valence-electron chi connectivity index (χ3n) is 3.05. The van der Waals surface area contributed by atoms with Crippen molar-refractivity contribution in [3.05, 3.63) is 29.8 Å². The molecule has 0 aromatic heterocycles. The predicted molar refractivity (Wildman–Crippen MR) is 77.5 cm³/mol. The highest BCUT2D eigenvalue weighted by molar-refractivity contribution is 5.87. The smallest absolute Gasteiger partial charge is 0.335 e. The third kappa shape index (κ3) is 6.04. The lowest BCUT2D eigenvalue weighted by molar-refractivity contribution is 0.0697. The Hall–Kier alpha value is -1.59. The summed E-state index contributed by atoms with van der Waals surface area (Å²) in [7, 11) is 1.71. The van der Waals surface area contributed by atoms with Gasteiger partial charge in [0.15, 0.2) is 0 Å². The van der Waals surface area contributed by atoms with Crippen molar-refractivity contribution >= 4 is 5.97 Å². The number of carbonyl (C=O) groups is 1. The summed E-state index contributed by atoms with van der Waals surface area (Å²) < 4.78 is 10.6. The van der Waals surface area contributed by atoms with Crippen molar-refractivity contribution in [3.63, 3.8) is 0 Å². The zero-order valence-corrected chi connectivity index (χ0v) is 12.2. The Morgan fingerprint density at radius 2 is 1.90 bits per heavy atom. The first-order valence-electron chi connectivity index (χ1n) is 6.84. The molecule has 20 heavy (non-hydrogen) atoms. The van der Waals surface area contributed by atoms with E-state index in [1.165, 1.54) is 0 Å². The number of hydrogen-bond acceptors (Lipinski definition) is 4. The molecule has 0 spiro atoms. The fourth-order valence-corrected chi connectivity index (χ4v) is 1.82. The second kappa shape index (κ2) is 9.34. The average Bonchev–Trinajstić information content (AvgIpc) is 2.47. The fraction of sp³-hybridized carbons (Fsp3) is 0.533. The minimum absolute atomic E-state index is 0.272. The molecule has 0 unspecified atom stereocenters. The lowest BCUT2D eigenvalue weighted by Crippen LogP contribution is -2.29. The number of carboxylic acids is 1. The largest absolute Gasteiger partial charge is 0.494 e. The molecule has 1 aromatic carbocycles. The Kier molecular flexibility index (Phi) is 7.69. The van der Waals surface area contributed by atoms with Crippen LogP contribution in [0.3, 0.4) is 0 Å². The molecule has 0 radical (unpaired) electrons. The molecule has 0 aliphatic carbocycles. The third-order valence-corrected chi connectivity index (χ3v) is 3.05. The average molecular weight is 281 g/mol. The summed E-state index contributed by atoms with van der Waals surface area (Å²) >= 11 is 0. The van der Waals surface area contributed by atoms with Gasteiger partial charge in [-0.1, -0.05) is 6.92 Å². The van der Waals surface area contributed by atoms with Crippen molar-refractivity contribution in [2.75, 3.05) is 40.0 Å². The van der Waals surface area contributed by atoms with E-state index in [0.29, 0.717) is 12.4 Å². The molecule has 1 N–H and O–H groups in total. The van der Waals surface area contributed by atoms with Gasteiger partial charge >= 0.3 is 5.97 Å². The number of carboxylic acid groups (broad SMARTS) is 1. The second-order valence-electron chi connectivity index (χ2n) is 4.46. The van der Waals surface area contributed by atoms with Crippen LogP contribution in [0.1, 0.15) is 23.7 Å². The van der Waals surface area contributed by atoms with Gasteiger partial charge in [0.1, 0.15) is 5.75 Å². The van der Waals surface area contributed by atoms with Crippen LogP contribution in [0.15, 0.2) is 24.3 Å². The van der Waals surface area contributed by atoms with E-state index in [2.05, 4.69) is 11.8 Å². The van der Waals surface area contributed by atoms with Crippen molar-refractivity contribution in [2.24, 2.45) is 0 Å². The number of benzene rings is 1. The first-order valence-corrected chi connectivity index (χ1v) is 6.84. The van der Waals surface area contributed by atoms with Gasteiger partial charge in [-0.2, -0.15) is 0 Å². The molecule has 0 saturated heterocycles. The minimum atomic E-state index is -0.923. The van der Waals surface area contributed by atoms with Gasteiger partial charge in [0.2, 0.25) is 0 Å². The topological polar surface area (TPSA) is 59.0 Å². The van der Waals surface area contributed by atoms with Crippen molar-refractivity contribution in [3.8, 4) is 5.75 Å². The van der Waals surface area contributed by atoms with E-state index in [-0.39, 0.29) is 5.56 Å². The number of hydrogen-bond donors (Lipinski definition) is 1. The van der Waals surface area contributed by atoms with Gasteiger partial charge in [0, 0.05) is 20.2 Å². The zero-order chi connectivity index (χ0) is 14.8. The zero-order valence-electron chi connectivity index (χ0n) is 12.2. The summed E-state index contributed by atoms with van der Waals surface area (Å²) in [5.74, 6) is -0.219. The summed E-state index contributed by atoms with van der Waals surface area (Å²) in [4.78, 5) is 13.0. The maximum atomic E-state index is 10.7. The lowest BCUT2D eigenvalue weighted by Gasteiger charge is -2.19. The van der Waals surface area contributed by atoms with E-state index in [1.54, 1.807) is 31.4 Å². The molecule has 0 saturated carbocycles. The highest BCUT2D eigenvalue weighted by Gasteiger charge is 2.03. The van der Waals surface area contributed by atoms with Gasteiger partial charge in [-0.05, 0) is 37.2 Å². The SMILES string of the molecule is CCN(CCCOc1ccc(C(=O)O)cc1)CCOC. The normalized spacial score (nSPS) is 10.8. The van der Waals surface area contributed by atoms with Crippen LogP contribution in [-0.2, 0) is 4.74 Å². The Balaban J connectivity index is 2.24. The van der Waals surface area contributed by atoms with Gasteiger partial charge in [-0.15, -0.1) is 0 Å². The van der Waals surface area contributed by atoms with E-state index in [1.807, 2.05) is 0 Å². The Morgan fingerprint density at radius 1 is 1.20 bits per heavy atom. The molecule has 5 heteroatoms. The van der Waals surface area contributed by atoms with Gasteiger partial charge in [-0.3, -0.25) is 0 Å². The molecule has 0 aliphatic rings. The number of rotatable bonds is 10. The van der Waals surface area contributed by atoms with Crippen LogP contribution in [0.25, 0.3) is 0 Å². The summed E-state index contributed by atoms with van der Waals surface area (Å²) in [5.41, 5.74) is 0.272. The summed E-state index contributed by atoms with van der Waals surface area (Å²) in [5, 5.41) is 8.79. The minimum Gasteiger partial charge on any atom is -0.494 e. The lowest BCUT2D eigenvalue weighted by atomic mass is 10.2. The number of nitrogens with zero attached hydrogens (tertiary/aromatic N) is 1. The highest BCUT2D eigenvalue weighted by atomic mass is 16.5. The maximum Gasteiger partial charge on any atom is 0.335 e. The first kappa shape index (κ1) is 16.5. The quantitative estimate of drug-likeness (QED) is 0.666. The number of ether oxygens (including phenoxy) is 2. The summed E-state index contributed by atoms with van der Waals surface area (Å²) in [6.45, 7) is 6.38. The molecule has 112 valence electrons. The van der Waals surface area contributed by atoms with Crippen molar-refractivity contribution in [2.45, 2.75) is 13.3 Å². The Labute approximate surface area is 120 Å². The first-order chi connectivity index (χ1) is 9.67. The standard InChI is InChI=1S/C15H23NO4/c1-3-16(10-12-19-2)9-4-11-20-14-7-5-13(6-8-14)15(17)18/h5-8H,3-4,9-12H2,1-2H3,(H,17,18). The molecule has 0 aliphatic heterocycles. The molecule has 0 heterocycles. The summed E-state index contributed by atoms with van der Waals surface area (Å²) in [6.07, 6.45) is 0.929. The molecule has 0 amide bonds. The van der Waals surface area contributed by atoms with E-state index in [0.717, 1.165) is 32.7 Å². The molecular weight excluding hydrogens is 258 g/mol. The van der Waals surface area contributed by atoms with E-state index >= 15 is 0 Å². The van der Waals surface area contributed by atoms with Gasteiger partial charge < -0.3 is 19.5 Å². The van der Waals surface area contributed by atoms with Gasteiger partial charge in [0.05, 0.1) is 18.8 Å². The molecule has 0 atom stereocenters. The van der Waals surface area contributed by atoms with Crippen LogP contribution >= 0.6 is 0 Å². The molecule has 1 aromatic rings. The molecule has 0 fully saturated rings. The molecule has 1 rings (SSSR count). The monoisotopic (exact) mass is 281 g/mol. The highest BCUT2D eigenvalue weighted by Crippen LogP contribution is 2.12. The Bertz CT molecular complexity index is 391. The van der Waals surface area contributed by atoms with Crippen LogP contribution in [-0.4, -0.2) is 55.9 Å². The van der Waals surface area contributed by atoms with E-state index in [9.17, 15) is 4.79 Å². The molecule has 0 bridgehead atoms. The van der Waals surface area contributed by atoms with Crippen LogP contribution in [0, 0.1) is 0 Å². The fourth-order valence-electron chi connectivity index (χ4n) is 1.82. The van der Waals surface area contributed by atoms with Crippen molar-refractivity contribution < 1.29 is 19.4 Å². The van der Waals surface area contributed by atoms with Gasteiger partial charge in [0.25, 0.3) is 0 Å². The van der Waals surface area contributed by atoms with Crippen LogP contribution in [0.2, 0.25) is 0 Å². The maximum absolute atomic E-state index is 10.7. The van der Waals surface area contributed by atoms with Crippen molar-refractivity contribution in [1.82, 2.24) is 4.90 Å². The van der Waals surface area contributed by atoms with Crippen LogP contribution < -0.4 is 4.74 Å². The molecular formula is C15H23NO4. The van der Waals surface area contributed by atoms with Crippen molar-refractivity contribution in [1.29, 1.82) is 0 Å². The van der Waals surface area contributed by atoms with Crippen LogP contribution in [0.4, 0.5) is 0 Å². The number of aromatic carboxylic acids is 1. The van der Waals surface area contributed by atoms with E-state index < -0.39 is 5.97 Å². The van der Waals surface area contributed by atoms with Gasteiger partial charge in [-0.25, -0.2) is 4.79 Å². The Morgan fingerprint density at radius 3 is 2.45 bits per heavy atom. The second-order valence-corrected chi connectivity index (χ2v) is 4.46.